The fraction of sp³-hybridized carbons (Fsp3) is 0.200. The molecule has 0 saturated heterocycles. The molecule has 0 aromatic carbocycles. The van der Waals surface area contributed by atoms with Crippen LogP contribution in [-0.4, -0.2) is 34.4 Å². The molecule has 118 valence electrons. The summed E-state index contributed by atoms with van der Waals surface area (Å²) in [6, 6.07) is 3.34. The lowest BCUT2D eigenvalue weighted by Gasteiger charge is -2.25. The summed E-state index contributed by atoms with van der Waals surface area (Å²) < 4.78 is 10.2. The zero-order valence-corrected chi connectivity index (χ0v) is 13.3. The van der Waals surface area contributed by atoms with E-state index in [1.54, 1.807) is 26.0 Å². The first kappa shape index (κ1) is 15.3. The van der Waals surface area contributed by atoms with E-state index in [0.717, 1.165) is 0 Å². The molecule has 1 amide bonds. The number of furan rings is 1. The largest absolute Gasteiger partial charge is 0.465 e. The number of ether oxygens (including phenoxy) is 1. The van der Waals surface area contributed by atoms with Gasteiger partial charge in [0.15, 0.2) is 5.17 Å². The molecule has 1 N–H and O–H groups in total. The van der Waals surface area contributed by atoms with Crippen molar-refractivity contribution in [2.24, 2.45) is 4.99 Å². The normalized spacial score (nSPS) is 19.3. The van der Waals surface area contributed by atoms with Gasteiger partial charge in [-0.3, -0.25) is 15.1 Å². The van der Waals surface area contributed by atoms with E-state index in [0.29, 0.717) is 10.7 Å². The number of amides is 1. The highest BCUT2D eigenvalue weighted by Gasteiger charge is 2.41. The Balaban J connectivity index is 2.02. The quantitative estimate of drug-likeness (QED) is 0.675. The molecule has 2 aliphatic rings. The number of allylic oxidation sites excluding steroid dienone is 1. The molecule has 8 heteroatoms. The fourth-order valence-electron chi connectivity index (χ4n) is 2.21. The van der Waals surface area contributed by atoms with Crippen LogP contribution in [-0.2, 0) is 14.3 Å². The van der Waals surface area contributed by atoms with Crippen molar-refractivity contribution in [1.82, 2.24) is 4.90 Å². The second-order valence-corrected chi connectivity index (χ2v) is 5.87. The zero-order chi connectivity index (χ0) is 16.6. The third kappa shape index (κ3) is 2.61. The molecule has 0 bridgehead atoms. The minimum atomic E-state index is -0.542. The molecule has 0 radical (unpaired) electrons. The van der Waals surface area contributed by atoms with Gasteiger partial charge in [0.05, 0.1) is 18.4 Å². The number of amidine groups is 2. The average Bonchev–Trinajstić information content (AvgIpc) is 3.10. The van der Waals surface area contributed by atoms with Crippen molar-refractivity contribution in [2.45, 2.75) is 13.8 Å². The van der Waals surface area contributed by atoms with E-state index in [9.17, 15) is 9.59 Å². The Labute approximate surface area is 136 Å². The molecule has 0 saturated carbocycles. The lowest BCUT2D eigenvalue weighted by atomic mass is 10.1. The number of esters is 1. The third-order valence-electron chi connectivity index (χ3n) is 3.20. The number of carbonyl (C=O) groups excluding carboxylic acids is 2. The molecule has 0 unspecified atom stereocenters. The molecule has 0 aliphatic carbocycles. The van der Waals surface area contributed by atoms with Gasteiger partial charge in [-0.1, -0.05) is 11.8 Å². The number of nitrogens with zero attached hydrogens (tertiary/aromatic N) is 2. The minimum Gasteiger partial charge on any atom is -0.465 e. The number of thioether (sulfide) groups is 1. The maximum absolute atomic E-state index is 12.2. The Morgan fingerprint density at radius 1 is 1.57 bits per heavy atom. The lowest BCUT2D eigenvalue weighted by molar-refractivity contribution is -0.139. The Morgan fingerprint density at radius 2 is 2.35 bits per heavy atom. The first-order valence-corrected chi connectivity index (χ1v) is 7.67. The van der Waals surface area contributed by atoms with Crippen LogP contribution < -0.4 is 0 Å². The van der Waals surface area contributed by atoms with Crippen molar-refractivity contribution in [1.29, 1.82) is 5.41 Å². The number of hydrogen-bond acceptors (Lipinski definition) is 6. The van der Waals surface area contributed by atoms with E-state index < -0.39 is 11.9 Å². The van der Waals surface area contributed by atoms with Gasteiger partial charge in [0.25, 0.3) is 5.91 Å². The summed E-state index contributed by atoms with van der Waals surface area (Å²) in [7, 11) is 0. The number of rotatable bonds is 3. The van der Waals surface area contributed by atoms with Crippen molar-refractivity contribution < 1.29 is 18.7 Å². The van der Waals surface area contributed by atoms with Crippen LogP contribution in [0, 0.1) is 5.41 Å². The van der Waals surface area contributed by atoms with Crippen molar-refractivity contribution in [3.63, 3.8) is 0 Å². The van der Waals surface area contributed by atoms with Crippen LogP contribution in [0.5, 0.6) is 0 Å². The van der Waals surface area contributed by atoms with E-state index in [-0.39, 0.29) is 28.9 Å². The van der Waals surface area contributed by atoms with Gasteiger partial charge in [0, 0.05) is 4.91 Å². The van der Waals surface area contributed by atoms with Crippen LogP contribution >= 0.6 is 11.8 Å². The second-order valence-electron chi connectivity index (χ2n) is 4.68. The van der Waals surface area contributed by atoms with Crippen molar-refractivity contribution in [3.05, 3.63) is 40.3 Å². The van der Waals surface area contributed by atoms with E-state index in [4.69, 9.17) is 14.6 Å². The lowest BCUT2D eigenvalue weighted by Crippen LogP contribution is -2.40. The van der Waals surface area contributed by atoms with E-state index in [2.05, 4.69) is 4.99 Å². The summed E-state index contributed by atoms with van der Waals surface area (Å²) in [6.07, 6.45) is 2.91. The standard InChI is InChI=1S/C15H13N3O4S/c1-3-21-14(20)11-8(2)23-15-17-13(19)10(12(16)18(11)15)7-9-5-4-6-22-9/h4-7,16H,3H2,1-2H3. The van der Waals surface area contributed by atoms with Gasteiger partial charge in [-0.05, 0) is 32.1 Å². The molecule has 1 aromatic rings. The van der Waals surface area contributed by atoms with Crippen LogP contribution in [0.15, 0.2) is 44.0 Å². The highest BCUT2D eigenvalue weighted by Crippen LogP contribution is 2.38. The van der Waals surface area contributed by atoms with E-state index in [1.807, 2.05) is 0 Å². The summed E-state index contributed by atoms with van der Waals surface area (Å²) in [5.74, 6) is -0.770. The van der Waals surface area contributed by atoms with Gasteiger partial charge in [-0.2, -0.15) is 4.99 Å². The average molecular weight is 331 g/mol. The summed E-state index contributed by atoms with van der Waals surface area (Å²) in [5, 5.41) is 8.60. The Morgan fingerprint density at radius 3 is 3.00 bits per heavy atom. The monoisotopic (exact) mass is 331 g/mol. The van der Waals surface area contributed by atoms with Gasteiger partial charge >= 0.3 is 5.97 Å². The van der Waals surface area contributed by atoms with Gasteiger partial charge in [0.1, 0.15) is 17.3 Å². The van der Waals surface area contributed by atoms with Gasteiger partial charge in [-0.25, -0.2) is 4.79 Å². The summed E-state index contributed by atoms with van der Waals surface area (Å²) in [4.78, 5) is 30.3. The molecule has 3 rings (SSSR count). The summed E-state index contributed by atoms with van der Waals surface area (Å²) >= 11 is 1.17. The molecule has 2 aliphatic heterocycles. The maximum Gasteiger partial charge on any atom is 0.356 e. The molecule has 0 atom stereocenters. The third-order valence-corrected chi connectivity index (χ3v) is 4.15. The van der Waals surface area contributed by atoms with Crippen LogP contribution in [0.25, 0.3) is 6.08 Å². The van der Waals surface area contributed by atoms with E-state index >= 15 is 0 Å². The maximum atomic E-state index is 12.2. The van der Waals surface area contributed by atoms with Crippen LogP contribution in [0.1, 0.15) is 19.6 Å². The van der Waals surface area contributed by atoms with Gasteiger partial charge in [-0.15, -0.1) is 0 Å². The number of hydrogen-bond donors (Lipinski definition) is 1. The SMILES string of the molecule is CCOC(=O)C1=C(C)SC2=NC(=O)C(=Cc3ccco3)C(=N)N21. The molecular weight excluding hydrogens is 318 g/mol. The Hall–Kier alpha value is -2.61. The molecular formula is C15H13N3O4S. The second kappa shape index (κ2) is 5.88. The van der Waals surface area contributed by atoms with Gasteiger partial charge < -0.3 is 9.15 Å². The summed E-state index contributed by atoms with van der Waals surface area (Å²) in [6.45, 7) is 3.66. The van der Waals surface area contributed by atoms with Crippen molar-refractivity contribution in [3.8, 4) is 0 Å². The molecule has 3 heterocycles. The molecule has 0 spiro atoms. The van der Waals surface area contributed by atoms with Crippen LogP contribution in [0.2, 0.25) is 0 Å². The molecule has 7 nitrogen and oxygen atoms in total. The Bertz CT molecular complexity index is 790. The predicted molar refractivity (Wildman–Crippen MR) is 85.6 cm³/mol. The highest BCUT2D eigenvalue weighted by molar-refractivity contribution is 8.17. The van der Waals surface area contributed by atoms with E-state index in [1.165, 1.54) is 29.0 Å². The van der Waals surface area contributed by atoms with Crippen molar-refractivity contribution in [2.75, 3.05) is 6.61 Å². The predicted octanol–water partition coefficient (Wildman–Crippen LogP) is 2.38. The summed E-state index contributed by atoms with van der Waals surface area (Å²) in [5.41, 5.74) is 0.277. The molecule has 23 heavy (non-hydrogen) atoms. The molecule has 0 fully saturated rings. The first-order valence-electron chi connectivity index (χ1n) is 6.86. The van der Waals surface area contributed by atoms with Crippen molar-refractivity contribution >= 4 is 40.7 Å². The van der Waals surface area contributed by atoms with Crippen LogP contribution in [0.4, 0.5) is 0 Å². The highest BCUT2D eigenvalue weighted by atomic mass is 32.2. The fourth-order valence-corrected chi connectivity index (χ4v) is 3.16. The number of nitrogens with one attached hydrogen (secondary N) is 1. The van der Waals surface area contributed by atoms with Gasteiger partial charge in [0.2, 0.25) is 0 Å². The zero-order valence-electron chi connectivity index (χ0n) is 12.5. The number of aliphatic imine (C=N–C) groups is 1. The minimum absolute atomic E-state index is 0.0563. The molecule has 1 aromatic heterocycles. The topological polar surface area (TPSA) is 96.0 Å². The number of fused-ring (bicyclic) bond motifs is 1. The van der Waals surface area contributed by atoms with Crippen LogP contribution in [0.3, 0.4) is 0 Å². The smallest absolute Gasteiger partial charge is 0.356 e. The Kier molecular flexibility index (Phi) is 3.91. The first-order chi connectivity index (χ1) is 11.0. The number of carbonyl (C=O) groups is 2.